The lowest BCUT2D eigenvalue weighted by atomic mass is 10.3. The zero-order valence-corrected chi connectivity index (χ0v) is 6.51. The van der Waals surface area contributed by atoms with E-state index in [2.05, 4.69) is 4.99 Å². The molecular formula is C8H6ClNO. The third-order valence-electron chi connectivity index (χ3n) is 1.47. The first-order chi connectivity index (χ1) is 5.36. The van der Waals surface area contributed by atoms with E-state index in [1.54, 1.807) is 18.3 Å². The summed E-state index contributed by atoms with van der Waals surface area (Å²) in [4.78, 5) is 4.13. The molecular weight excluding hydrogens is 162 g/mol. The average Bonchev–Trinajstić information content (AvgIpc) is 2.04. The molecule has 0 N–H and O–H groups in total. The quantitative estimate of drug-likeness (QED) is 0.582. The minimum atomic E-state index is 0.535. The number of benzene rings is 1. The summed E-state index contributed by atoms with van der Waals surface area (Å²) in [5, 5.41) is 0.681. The van der Waals surface area contributed by atoms with Crippen LogP contribution in [-0.4, -0.2) is 12.8 Å². The van der Waals surface area contributed by atoms with Gasteiger partial charge in [-0.3, -0.25) is 4.99 Å². The van der Waals surface area contributed by atoms with Crippen LogP contribution in [0.2, 0.25) is 5.02 Å². The monoisotopic (exact) mass is 167 g/mol. The van der Waals surface area contributed by atoms with Crippen LogP contribution in [0.4, 0.5) is 5.69 Å². The molecule has 11 heavy (non-hydrogen) atoms. The van der Waals surface area contributed by atoms with Crippen LogP contribution in [0.15, 0.2) is 23.2 Å². The van der Waals surface area contributed by atoms with E-state index in [1.807, 2.05) is 6.07 Å². The van der Waals surface area contributed by atoms with Gasteiger partial charge in [0.2, 0.25) is 0 Å². The van der Waals surface area contributed by atoms with Gasteiger partial charge in [0.05, 0.1) is 0 Å². The minimum Gasteiger partial charge on any atom is -0.486 e. The Morgan fingerprint density at radius 1 is 1.45 bits per heavy atom. The molecule has 2 rings (SSSR count). The maximum Gasteiger partial charge on any atom is 0.146 e. The standard InChI is InChI=1S/C8H6ClNO/c9-6-1-2-7-8(5-6)11-4-3-10-7/h1-3,5H,4H2. The van der Waals surface area contributed by atoms with Crippen molar-refractivity contribution in [2.24, 2.45) is 4.99 Å². The molecule has 0 bridgehead atoms. The lowest BCUT2D eigenvalue weighted by molar-refractivity contribution is 0.377. The van der Waals surface area contributed by atoms with Gasteiger partial charge in [0.25, 0.3) is 0 Å². The van der Waals surface area contributed by atoms with Crippen molar-refractivity contribution in [2.75, 3.05) is 6.61 Å². The van der Waals surface area contributed by atoms with Crippen LogP contribution in [0.5, 0.6) is 5.75 Å². The number of ether oxygens (including phenoxy) is 1. The van der Waals surface area contributed by atoms with Gasteiger partial charge in [-0.1, -0.05) is 11.6 Å². The molecule has 3 heteroatoms. The summed E-state index contributed by atoms with van der Waals surface area (Å²) in [5.74, 6) is 0.764. The van der Waals surface area contributed by atoms with Crippen LogP contribution in [0.3, 0.4) is 0 Å². The van der Waals surface area contributed by atoms with E-state index in [-0.39, 0.29) is 0 Å². The second kappa shape index (κ2) is 2.55. The fourth-order valence-corrected chi connectivity index (χ4v) is 1.13. The van der Waals surface area contributed by atoms with E-state index in [0.29, 0.717) is 11.6 Å². The Hall–Kier alpha value is -1.02. The molecule has 56 valence electrons. The van der Waals surface area contributed by atoms with Gasteiger partial charge >= 0.3 is 0 Å². The number of rotatable bonds is 0. The van der Waals surface area contributed by atoms with Crippen molar-refractivity contribution in [1.82, 2.24) is 0 Å². The van der Waals surface area contributed by atoms with Crippen LogP contribution in [0.1, 0.15) is 0 Å². The smallest absolute Gasteiger partial charge is 0.146 e. The number of fused-ring (bicyclic) bond motifs is 1. The van der Waals surface area contributed by atoms with Gasteiger partial charge in [-0.25, -0.2) is 0 Å². The minimum absolute atomic E-state index is 0.535. The summed E-state index contributed by atoms with van der Waals surface area (Å²) in [7, 11) is 0. The summed E-state index contributed by atoms with van der Waals surface area (Å²) < 4.78 is 5.27. The van der Waals surface area contributed by atoms with Crippen molar-refractivity contribution in [3.63, 3.8) is 0 Å². The second-order valence-corrected chi connectivity index (χ2v) is 2.67. The number of aliphatic imine (C=N–C) groups is 1. The Morgan fingerprint density at radius 2 is 2.36 bits per heavy atom. The summed E-state index contributed by atoms with van der Waals surface area (Å²) in [5.41, 5.74) is 0.848. The Kier molecular flexibility index (Phi) is 1.55. The summed E-state index contributed by atoms with van der Waals surface area (Å²) in [6.45, 7) is 0.535. The number of nitrogens with zero attached hydrogens (tertiary/aromatic N) is 1. The maximum atomic E-state index is 5.74. The van der Waals surface area contributed by atoms with Crippen LogP contribution in [0.25, 0.3) is 0 Å². The van der Waals surface area contributed by atoms with Gasteiger partial charge in [0.15, 0.2) is 0 Å². The highest BCUT2D eigenvalue weighted by Gasteiger charge is 2.05. The van der Waals surface area contributed by atoms with Gasteiger partial charge in [0, 0.05) is 17.3 Å². The van der Waals surface area contributed by atoms with Gasteiger partial charge in [0.1, 0.15) is 18.0 Å². The topological polar surface area (TPSA) is 21.6 Å². The fraction of sp³-hybridized carbons (Fsp3) is 0.125. The number of halogens is 1. The fourth-order valence-electron chi connectivity index (χ4n) is 0.973. The first-order valence-corrected chi connectivity index (χ1v) is 3.69. The van der Waals surface area contributed by atoms with Crippen LogP contribution >= 0.6 is 11.6 Å². The lowest BCUT2D eigenvalue weighted by Crippen LogP contribution is -2.02. The molecule has 0 fully saturated rings. The maximum absolute atomic E-state index is 5.74. The van der Waals surface area contributed by atoms with Crippen molar-refractivity contribution in [2.45, 2.75) is 0 Å². The van der Waals surface area contributed by atoms with Gasteiger partial charge < -0.3 is 4.74 Å². The second-order valence-electron chi connectivity index (χ2n) is 2.23. The highest BCUT2D eigenvalue weighted by atomic mass is 35.5. The van der Waals surface area contributed by atoms with E-state index >= 15 is 0 Å². The Morgan fingerprint density at radius 3 is 3.27 bits per heavy atom. The molecule has 1 heterocycles. The Bertz CT molecular complexity index is 309. The largest absolute Gasteiger partial charge is 0.486 e. The molecule has 0 unspecified atom stereocenters. The highest BCUT2D eigenvalue weighted by Crippen LogP contribution is 2.31. The summed E-state index contributed by atoms with van der Waals surface area (Å²) >= 11 is 5.74. The molecule has 0 atom stereocenters. The third-order valence-corrected chi connectivity index (χ3v) is 1.70. The van der Waals surface area contributed by atoms with E-state index in [4.69, 9.17) is 16.3 Å². The summed E-state index contributed by atoms with van der Waals surface area (Å²) in [6.07, 6.45) is 1.73. The molecule has 1 aromatic carbocycles. The predicted octanol–water partition coefficient (Wildman–Crippen LogP) is 2.43. The first kappa shape index (κ1) is 6.68. The van der Waals surface area contributed by atoms with Crippen molar-refractivity contribution in [3.8, 4) is 5.75 Å². The van der Waals surface area contributed by atoms with Gasteiger partial charge in [-0.05, 0) is 12.1 Å². The molecule has 0 spiro atoms. The van der Waals surface area contributed by atoms with Crippen molar-refractivity contribution < 1.29 is 4.74 Å². The molecule has 0 aromatic heterocycles. The molecule has 0 radical (unpaired) electrons. The molecule has 0 amide bonds. The Labute approximate surface area is 69.5 Å². The van der Waals surface area contributed by atoms with Crippen molar-refractivity contribution >= 4 is 23.5 Å². The van der Waals surface area contributed by atoms with Crippen molar-refractivity contribution in [1.29, 1.82) is 0 Å². The average molecular weight is 168 g/mol. The van der Waals surface area contributed by atoms with Crippen molar-refractivity contribution in [3.05, 3.63) is 23.2 Å². The van der Waals surface area contributed by atoms with Crippen LogP contribution in [0, 0.1) is 0 Å². The molecule has 1 aliphatic rings. The predicted molar refractivity (Wildman–Crippen MR) is 45.1 cm³/mol. The van der Waals surface area contributed by atoms with Gasteiger partial charge in [-0.15, -0.1) is 0 Å². The molecule has 1 aromatic rings. The van der Waals surface area contributed by atoms with Gasteiger partial charge in [-0.2, -0.15) is 0 Å². The molecule has 0 saturated carbocycles. The zero-order valence-electron chi connectivity index (χ0n) is 5.75. The molecule has 1 aliphatic heterocycles. The van der Waals surface area contributed by atoms with E-state index in [0.717, 1.165) is 11.4 Å². The lowest BCUT2D eigenvalue weighted by Gasteiger charge is -2.10. The first-order valence-electron chi connectivity index (χ1n) is 3.31. The van der Waals surface area contributed by atoms with Crippen LogP contribution in [-0.2, 0) is 0 Å². The SMILES string of the molecule is Clc1ccc2c(c1)OCC=N2. The summed E-state index contributed by atoms with van der Waals surface area (Å²) in [6, 6.07) is 5.41. The third kappa shape index (κ3) is 1.21. The zero-order chi connectivity index (χ0) is 7.68. The molecule has 2 nitrogen and oxygen atoms in total. The van der Waals surface area contributed by atoms with E-state index < -0.39 is 0 Å². The normalized spacial score (nSPS) is 13.9. The Balaban J connectivity index is 2.53. The molecule has 0 saturated heterocycles. The number of hydrogen-bond acceptors (Lipinski definition) is 2. The number of hydrogen-bond donors (Lipinski definition) is 0. The van der Waals surface area contributed by atoms with Crippen LogP contribution < -0.4 is 4.74 Å². The van der Waals surface area contributed by atoms with E-state index in [1.165, 1.54) is 0 Å². The molecule has 0 aliphatic carbocycles. The van der Waals surface area contributed by atoms with E-state index in [9.17, 15) is 0 Å². The highest BCUT2D eigenvalue weighted by molar-refractivity contribution is 6.30.